The molecule has 9 nitrogen and oxygen atoms in total. The first-order valence-corrected chi connectivity index (χ1v) is 8.06. The van der Waals surface area contributed by atoms with E-state index in [1.54, 1.807) is 12.1 Å². The van der Waals surface area contributed by atoms with Crippen molar-refractivity contribution in [2.75, 3.05) is 6.54 Å². The molecule has 23 heavy (non-hydrogen) atoms. The summed E-state index contributed by atoms with van der Waals surface area (Å²) in [6.07, 6.45) is 0.956. The average Bonchev–Trinajstić information content (AvgIpc) is 2.43. The van der Waals surface area contributed by atoms with Crippen LogP contribution in [0, 0.1) is 6.92 Å². The molecule has 0 spiro atoms. The molecule has 0 radical (unpaired) electrons. The second-order valence-electron chi connectivity index (χ2n) is 4.68. The summed E-state index contributed by atoms with van der Waals surface area (Å²) in [5.41, 5.74) is 16.3. The van der Waals surface area contributed by atoms with Crippen molar-refractivity contribution in [1.82, 2.24) is 0 Å². The van der Waals surface area contributed by atoms with Crippen molar-refractivity contribution in [2.24, 2.45) is 22.2 Å². The molecule has 1 aromatic rings. The van der Waals surface area contributed by atoms with E-state index < -0.39 is 22.1 Å². The largest absolute Gasteiger partial charge is 0.480 e. The van der Waals surface area contributed by atoms with Crippen molar-refractivity contribution >= 4 is 22.0 Å². The highest BCUT2D eigenvalue weighted by Crippen LogP contribution is 2.08. The number of benzene rings is 1. The van der Waals surface area contributed by atoms with Crippen LogP contribution < -0.4 is 17.2 Å². The third kappa shape index (κ3) is 10.2. The molecule has 1 rings (SSSR count). The smallest absolute Gasteiger partial charge is 0.320 e. The van der Waals surface area contributed by atoms with E-state index in [9.17, 15) is 13.2 Å². The van der Waals surface area contributed by atoms with Crippen molar-refractivity contribution in [3.63, 3.8) is 0 Å². The molecule has 1 aromatic carbocycles. The Balaban J connectivity index is 0.000000422. The second kappa shape index (κ2) is 9.77. The first-order valence-electron chi connectivity index (χ1n) is 6.62. The second-order valence-corrected chi connectivity index (χ2v) is 6.10. The molecule has 0 saturated carbocycles. The van der Waals surface area contributed by atoms with Gasteiger partial charge in [0, 0.05) is 6.54 Å². The molecule has 1 unspecified atom stereocenters. The summed E-state index contributed by atoms with van der Waals surface area (Å²) in [6.45, 7) is 2.26. The van der Waals surface area contributed by atoms with Gasteiger partial charge in [0.1, 0.15) is 6.04 Å². The summed E-state index contributed by atoms with van der Waals surface area (Å²) in [7, 11) is -4.02. The van der Waals surface area contributed by atoms with Crippen LogP contribution >= 0.6 is 0 Å². The molecule has 0 aliphatic heterocycles. The first-order chi connectivity index (χ1) is 10.5. The highest BCUT2D eigenvalue weighted by molar-refractivity contribution is 7.85. The van der Waals surface area contributed by atoms with Crippen LogP contribution in [0.15, 0.2) is 34.2 Å². The normalized spacial score (nSPS) is 11.8. The summed E-state index contributed by atoms with van der Waals surface area (Å²) < 4.78 is 29.6. The van der Waals surface area contributed by atoms with Gasteiger partial charge in [-0.25, -0.2) is 0 Å². The lowest BCUT2D eigenvalue weighted by atomic mass is 10.2. The number of guanidine groups is 1. The number of rotatable bonds is 6. The van der Waals surface area contributed by atoms with E-state index in [1.165, 1.54) is 12.1 Å². The van der Waals surface area contributed by atoms with Crippen LogP contribution in [0.4, 0.5) is 0 Å². The maximum Gasteiger partial charge on any atom is 0.320 e. The maximum absolute atomic E-state index is 10.5. The fourth-order valence-corrected chi connectivity index (χ4v) is 1.83. The summed E-state index contributed by atoms with van der Waals surface area (Å²) in [5, 5.41) is 8.38. The van der Waals surface area contributed by atoms with Crippen LogP contribution in [0.25, 0.3) is 0 Å². The van der Waals surface area contributed by atoms with Gasteiger partial charge in [-0.2, -0.15) is 8.42 Å². The van der Waals surface area contributed by atoms with Crippen molar-refractivity contribution in [2.45, 2.75) is 30.7 Å². The van der Waals surface area contributed by atoms with Gasteiger partial charge in [-0.1, -0.05) is 17.7 Å². The number of hydrogen-bond donors (Lipinski definition) is 5. The highest BCUT2D eigenvalue weighted by atomic mass is 32.2. The van der Waals surface area contributed by atoms with Crippen LogP contribution in [-0.4, -0.2) is 42.6 Å². The summed E-state index contributed by atoms with van der Waals surface area (Å²) in [4.78, 5) is 13.8. The van der Waals surface area contributed by atoms with Crippen LogP contribution in [-0.2, 0) is 14.9 Å². The monoisotopic (exact) mass is 346 g/mol. The molecule has 0 heterocycles. The average molecular weight is 346 g/mol. The first kappa shape index (κ1) is 20.8. The Kier molecular flexibility index (Phi) is 8.85. The van der Waals surface area contributed by atoms with E-state index >= 15 is 0 Å². The van der Waals surface area contributed by atoms with Gasteiger partial charge in [0.05, 0.1) is 4.90 Å². The minimum absolute atomic E-state index is 0.0129. The van der Waals surface area contributed by atoms with Gasteiger partial charge in [0.25, 0.3) is 10.1 Å². The van der Waals surface area contributed by atoms with Crippen molar-refractivity contribution < 1.29 is 22.9 Å². The van der Waals surface area contributed by atoms with Gasteiger partial charge in [-0.3, -0.25) is 14.3 Å². The Morgan fingerprint density at radius 1 is 1.26 bits per heavy atom. The van der Waals surface area contributed by atoms with E-state index in [2.05, 4.69) is 4.99 Å². The molecular formula is C13H22N4O5S. The standard InChI is InChI=1S/C7H8O3S.C6H14N4O2/c1-6-2-4-7(5-3-6)11(8,9)10;7-4(5(11)12)2-1-3-10-6(8)9/h2-5H,1H3,(H,8,9,10);4H,1-3,7H2,(H,11,12)(H4,8,9,10). The Morgan fingerprint density at radius 2 is 1.78 bits per heavy atom. The molecule has 0 aliphatic rings. The minimum Gasteiger partial charge on any atom is -0.480 e. The molecule has 0 aliphatic carbocycles. The third-order valence-electron chi connectivity index (χ3n) is 2.60. The molecule has 10 heteroatoms. The predicted octanol–water partition coefficient (Wildman–Crippen LogP) is -0.306. The fourth-order valence-electron chi connectivity index (χ4n) is 1.35. The molecule has 0 saturated heterocycles. The number of hydrogen-bond acceptors (Lipinski definition) is 5. The van der Waals surface area contributed by atoms with Crippen LogP contribution in [0.5, 0.6) is 0 Å². The zero-order chi connectivity index (χ0) is 18.0. The number of aliphatic carboxylic acids is 1. The Bertz CT molecular complexity index is 624. The Morgan fingerprint density at radius 3 is 2.17 bits per heavy atom. The lowest BCUT2D eigenvalue weighted by molar-refractivity contribution is -0.138. The molecule has 0 fully saturated rings. The van der Waals surface area contributed by atoms with E-state index in [1.807, 2.05) is 6.92 Å². The summed E-state index contributed by atoms with van der Waals surface area (Å²) in [5.74, 6) is -0.987. The van der Waals surface area contributed by atoms with Crippen LogP contribution in [0.3, 0.4) is 0 Å². The van der Waals surface area contributed by atoms with Gasteiger partial charge in [-0.05, 0) is 31.9 Å². The van der Waals surface area contributed by atoms with Crippen LogP contribution in [0.1, 0.15) is 18.4 Å². The molecule has 0 aromatic heterocycles. The molecule has 1 atom stereocenters. The topological polar surface area (TPSA) is 182 Å². The number of aryl methyl sites for hydroxylation is 1. The van der Waals surface area contributed by atoms with Crippen LogP contribution in [0.2, 0.25) is 0 Å². The van der Waals surface area contributed by atoms with Crippen molar-refractivity contribution in [3.05, 3.63) is 29.8 Å². The number of nitrogens with two attached hydrogens (primary N) is 3. The minimum atomic E-state index is -4.02. The molecule has 0 amide bonds. The van der Waals surface area contributed by atoms with Crippen molar-refractivity contribution in [3.8, 4) is 0 Å². The zero-order valence-corrected chi connectivity index (χ0v) is 13.5. The Hall–Kier alpha value is -2.17. The van der Waals surface area contributed by atoms with Gasteiger partial charge >= 0.3 is 5.97 Å². The molecule has 0 bridgehead atoms. The van der Waals surface area contributed by atoms with E-state index in [0.717, 1.165) is 5.56 Å². The summed E-state index contributed by atoms with van der Waals surface area (Å²) >= 11 is 0. The highest BCUT2D eigenvalue weighted by Gasteiger charge is 2.09. The maximum atomic E-state index is 10.5. The SMILES string of the molecule is Cc1ccc(S(=O)(=O)O)cc1.NC(N)=NCCCC(N)C(=O)O. The molecule has 8 N–H and O–H groups in total. The number of carboxylic acids is 1. The van der Waals surface area contributed by atoms with Gasteiger partial charge < -0.3 is 22.3 Å². The number of carboxylic acid groups (broad SMARTS) is 1. The van der Waals surface area contributed by atoms with Crippen molar-refractivity contribution in [1.29, 1.82) is 0 Å². The third-order valence-corrected chi connectivity index (χ3v) is 3.47. The molecule has 130 valence electrons. The van der Waals surface area contributed by atoms with E-state index in [4.69, 9.17) is 26.9 Å². The lowest BCUT2D eigenvalue weighted by Crippen LogP contribution is -2.30. The van der Waals surface area contributed by atoms with E-state index in [-0.39, 0.29) is 10.9 Å². The fraction of sp³-hybridized carbons (Fsp3) is 0.385. The number of nitrogens with zero attached hydrogens (tertiary/aromatic N) is 1. The predicted molar refractivity (Wildman–Crippen MR) is 86.5 cm³/mol. The number of aliphatic imine (C=N–C) groups is 1. The summed E-state index contributed by atoms with van der Waals surface area (Å²) in [6, 6.07) is 5.17. The Labute approximate surface area is 134 Å². The van der Waals surface area contributed by atoms with Gasteiger partial charge in [-0.15, -0.1) is 0 Å². The zero-order valence-electron chi connectivity index (χ0n) is 12.7. The van der Waals surface area contributed by atoms with Gasteiger partial charge in [0.15, 0.2) is 5.96 Å². The van der Waals surface area contributed by atoms with E-state index in [0.29, 0.717) is 19.4 Å². The molecular weight excluding hydrogens is 324 g/mol. The lowest BCUT2D eigenvalue weighted by Gasteiger charge is -2.03. The number of carbonyl (C=O) groups is 1. The quantitative estimate of drug-likeness (QED) is 0.201. The van der Waals surface area contributed by atoms with Gasteiger partial charge in [0.2, 0.25) is 0 Å².